The van der Waals surface area contributed by atoms with Crippen LogP contribution in [0.1, 0.15) is 43.5 Å². The molecular formula is C19H25N. The molecule has 2 aromatic rings. The minimum atomic E-state index is 0.384. The highest BCUT2D eigenvalue weighted by atomic mass is 14.8. The summed E-state index contributed by atoms with van der Waals surface area (Å²) >= 11 is 0. The Morgan fingerprint density at radius 1 is 1.00 bits per heavy atom. The van der Waals surface area contributed by atoms with Gasteiger partial charge in [-0.05, 0) is 60.7 Å². The highest BCUT2D eigenvalue weighted by molar-refractivity contribution is 5.69. The minimum Gasteiger partial charge on any atom is -0.313 e. The zero-order valence-corrected chi connectivity index (χ0v) is 13.0. The van der Waals surface area contributed by atoms with E-state index in [1.165, 1.54) is 27.8 Å². The zero-order chi connectivity index (χ0) is 14.5. The van der Waals surface area contributed by atoms with Crippen LogP contribution in [0.3, 0.4) is 0 Å². The SMILES string of the molecule is CCc1ccc(CC)c(-c2cccc(C(C)NC)c2)c1. The Bertz CT molecular complexity index is 572. The van der Waals surface area contributed by atoms with Gasteiger partial charge in [-0.1, -0.05) is 50.2 Å². The molecule has 1 N–H and O–H groups in total. The van der Waals surface area contributed by atoms with Gasteiger partial charge in [-0.3, -0.25) is 0 Å². The van der Waals surface area contributed by atoms with Crippen LogP contribution in [-0.2, 0) is 12.8 Å². The summed E-state index contributed by atoms with van der Waals surface area (Å²) in [5, 5.41) is 3.31. The maximum absolute atomic E-state index is 3.31. The van der Waals surface area contributed by atoms with Crippen LogP contribution in [0.25, 0.3) is 11.1 Å². The summed E-state index contributed by atoms with van der Waals surface area (Å²) in [6.07, 6.45) is 2.16. The molecule has 1 nitrogen and oxygen atoms in total. The Hall–Kier alpha value is -1.60. The van der Waals surface area contributed by atoms with Crippen molar-refractivity contribution in [2.24, 2.45) is 0 Å². The third-order valence-corrected chi connectivity index (χ3v) is 4.09. The third kappa shape index (κ3) is 3.10. The summed E-state index contributed by atoms with van der Waals surface area (Å²) in [5.74, 6) is 0. The zero-order valence-electron chi connectivity index (χ0n) is 13.0. The standard InChI is InChI=1S/C19H25N/c1-5-15-10-11-16(6-2)19(12-15)18-9-7-8-17(13-18)14(3)20-4/h7-14,20H,5-6H2,1-4H3. The number of nitrogens with one attached hydrogen (secondary N) is 1. The molecule has 20 heavy (non-hydrogen) atoms. The van der Waals surface area contributed by atoms with Crippen molar-refractivity contribution in [2.45, 2.75) is 39.7 Å². The predicted molar refractivity (Wildman–Crippen MR) is 88.1 cm³/mol. The molecular weight excluding hydrogens is 242 g/mol. The van der Waals surface area contributed by atoms with E-state index in [2.05, 4.69) is 68.6 Å². The van der Waals surface area contributed by atoms with E-state index in [0.717, 1.165) is 12.8 Å². The fraction of sp³-hybridized carbons (Fsp3) is 0.368. The Labute approximate surface area is 123 Å². The summed E-state index contributed by atoms with van der Waals surface area (Å²) in [5.41, 5.74) is 6.89. The highest BCUT2D eigenvalue weighted by Crippen LogP contribution is 2.28. The fourth-order valence-electron chi connectivity index (χ4n) is 2.56. The molecule has 0 fully saturated rings. The second-order valence-electron chi connectivity index (χ2n) is 5.33. The first-order valence-corrected chi connectivity index (χ1v) is 7.59. The van der Waals surface area contributed by atoms with Gasteiger partial charge in [-0.25, -0.2) is 0 Å². The summed E-state index contributed by atoms with van der Waals surface area (Å²) in [6, 6.07) is 16.2. The van der Waals surface area contributed by atoms with Crippen LogP contribution < -0.4 is 5.32 Å². The smallest absolute Gasteiger partial charge is 0.0289 e. The summed E-state index contributed by atoms with van der Waals surface area (Å²) in [7, 11) is 2.01. The Morgan fingerprint density at radius 3 is 2.45 bits per heavy atom. The first kappa shape index (κ1) is 14.8. The topological polar surface area (TPSA) is 12.0 Å². The molecule has 1 heteroatoms. The van der Waals surface area contributed by atoms with Crippen molar-refractivity contribution in [1.82, 2.24) is 5.32 Å². The largest absolute Gasteiger partial charge is 0.313 e. The van der Waals surface area contributed by atoms with Crippen LogP contribution in [0.15, 0.2) is 42.5 Å². The highest BCUT2D eigenvalue weighted by Gasteiger charge is 2.08. The molecule has 2 aromatic carbocycles. The molecule has 2 rings (SSSR count). The van der Waals surface area contributed by atoms with Crippen LogP contribution in [0.5, 0.6) is 0 Å². The van der Waals surface area contributed by atoms with Crippen molar-refractivity contribution in [1.29, 1.82) is 0 Å². The van der Waals surface area contributed by atoms with Gasteiger partial charge < -0.3 is 5.32 Å². The number of hydrogen-bond acceptors (Lipinski definition) is 1. The molecule has 0 amide bonds. The first-order chi connectivity index (χ1) is 9.69. The monoisotopic (exact) mass is 267 g/mol. The van der Waals surface area contributed by atoms with E-state index in [9.17, 15) is 0 Å². The van der Waals surface area contributed by atoms with Gasteiger partial charge in [0.25, 0.3) is 0 Å². The lowest BCUT2D eigenvalue weighted by atomic mass is 9.93. The van der Waals surface area contributed by atoms with Crippen molar-refractivity contribution in [3.63, 3.8) is 0 Å². The van der Waals surface area contributed by atoms with E-state index in [-0.39, 0.29) is 0 Å². The molecule has 0 bridgehead atoms. The van der Waals surface area contributed by atoms with Gasteiger partial charge in [-0.2, -0.15) is 0 Å². The lowest BCUT2D eigenvalue weighted by Crippen LogP contribution is -2.12. The van der Waals surface area contributed by atoms with Gasteiger partial charge in [0.2, 0.25) is 0 Å². The number of benzene rings is 2. The lowest BCUT2D eigenvalue weighted by Gasteiger charge is -2.15. The van der Waals surface area contributed by atoms with Crippen LogP contribution in [-0.4, -0.2) is 7.05 Å². The van der Waals surface area contributed by atoms with Gasteiger partial charge in [0.05, 0.1) is 0 Å². The van der Waals surface area contributed by atoms with E-state index in [4.69, 9.17) is 0 Å². The van der Waals surface area contributed by atoms with Gasteiger partial charge >= 0.3 is 0 Å². The average molecular weight is 267 g/mol. The molecule has 0 aromatic heterocycles. The van der Waals surface area contributed by atoms with Gasteiger partial charge in [0.1, 0.15) is 0 Å². The van der Waals surface area contributed by atoms with Crippen LogP contribution in [0.2, 0.25) is 0 Å². The third-order valence-electron chi connectivity index (χ3n) is 4.09. The Balaban J connectivity index is 2.49. The molecule has 0 heterocycles. The van der Waals surface area contributed by atoms with Crippen LogP contribution in [0.4, 0.5) is 0 Å². The quantitative estimate of drug-likeness (QED) is 0.823. The second kappa shape index (κ2) is 6.71. The van der Waals surface area contributed by atoms with Gasteiger partial charge in [-0.15, -0.1) is 0 Å². The van der Waals surface area contributed by atoms with Crippen LogP contribution in [0, 0.1) is 0 Å². The van der Waals surface area contributed by atoms with Crippen molar-refractivity contribution in [3.8, 4) is 11.1 Å². The van der Waals surface area contributed by atoms with E-state index >= 15 is 0 Å². The van der Waals surface area contributed by atoms with Crippen LogP contribution >= 0.6 is 0 Å². The molecule has 0 aliphatic rings. The van der Waals surface area contributed by atoms with Gasteiger partial charge in [0.15, 0.2) is 0 Å². The maximum Gasteiger partial charge on any atom is 0.0289 e. The van der Waals surface area contributed by atoms with Crippen molar-refractivity contribution < 1.29 is 0 Å². The predicted octanol–water partition coefficient (Wildman–Crippen LogP) is 4.76. The van der Waals surface area contributed by atoms with E-state index in [0.29, 0.717) is 6.04 Å². The number of hydrogen-bond donors (Lipinski definition) is 1. The molecule has 0 saturated carbocycles. The molecule has 1 unspecified atom stereocenters. The summed E-state index contributed by atoms with van der Waals surface area (Å²) < 4.78 is 0. The molecule has 0 radical (unpaired) electrons. The molecule has 0 aliphatic heterocycles. The lowest BCUT2D eigenvalue weighted by molar-refractivity contribution is 0.652. The van der Waals surface area contributed by atoms with Crippen molar-refractivity contribution in [2.75, 3.05) is 7.05 Å². The Kier molecular flexibility index (Phi) is 4.97. The maximum atomic E-state index is 3.31. The Morgan fingerprint density at radius 2 is 1.80 bits per heavy atom. The molecule has 1 atom stereocenters. The van der Waals surface area contributed by atoms with E-state index in [1.54, 1.807) is 0 Å². The fourth-order valence-corrected chi connectivity index (χ4v) is 2.56. The van der Waals surface area contributed by atoms with Crippen molar-refractivity contribution in [3.05, 3.63) is 59.2 Å². The molecule has 0 saturated heterocycles. The molecule has 0 spiro atoms. The summed E-state index contributed by atoms with van der Waals surface area (Å²) in [4.78, 5) is 0. The average Bonchev–Trinajstić information content (AvgIpc) is 2.53. The summed E-state index contributed by atoms with van der Waals surface area (Å²) in [6.45, 7) is 6.64. The molecule has 0 aliphatic carbocycles. The normalized spacial score (nSPS) is 12.4. The number of aryl methyl sites for hydroxylation is 2. The second-order valence-corrected chi connectivity index (χ2v) is 5.33. The van der Waals surface area contributed by atoms with Gasteiger partial charge in [0, 0.05) is 6.04 Å². The minimum absolute atomic E-state index is 0.384. The van der Waals surface area contributed by atoms with E-state index < -0.39 is 0 Å². The van der Waals surface area contributed by atoms with Crippen molar-refractivity contribution >= 4 is 0 Å². The number of rotatable bonds is 5. The van der Waals surface area contributed by atoms with E-state index in [1.807, 2.05) is 7.05 Å². The first-order valence-electron chi connectivity index (χ1n) is 7.59. The molecule has 106 valence electrons.